The van der Waals surface area contributed by atoms with E-state index in [4.69, 9.17) is 4.42 Å². The van der Waals surface area contributed by atoms with Gasteiger partial charge in [0.25, 0.3) is 0 Å². The normalized spacial score (nSPS) is 17.1. The molecule has 0 saturated carbocycles. The molecule has 1 aliphatic rings. The van der Waals surface area contributed by atoms with Gasteiger partial charge in [-0.15, -0.1) is 0 Å². The number of carbonyl (C=O) groups is 1. The average Bonchev–Trinajstić information content (AvgIpc) is 2.99. The van der Waals surface area contributed by atoms with Crippen molar-refractivity contribution in [3.05, 3.63) is 47.5 Å². The van der Waals surface area contributed by atoms with Crippen LogP contribution in [0.25, 0.3) is 11.1 Å². The largest absolute Gasteiger partial charge is 0.443 e. The van der Waals surface area contributed by atoms with E-state index in [1.54, 1.807) is 0 Å². The van der Waals surface area contributed by atoms with Gasteiger partial charge in [-0.3, -0.25) is 4.79 Å². The zero-order chi connectivity index (χ0) is 19.8. The van der Waals surface area contributed by atoms with Crippen LogP contribution in [0.3, 0.4) is 0 Å². The summed E-state index contributed by atoms with van der Waals surface area (Å²) in [4.78, 5) is 23.3. The first-order valence-electron chi connectivity index (χ1n) is 9.15. The zero-order valence-electron chi connectivity index (χ0n) is 15.6. The van der Waals surface area contributed by atoms with Gasteiger partial charge in [0.15, 0.2) is 0 Å². The van der Waals surface area contributed by atoms with Gasteiger partial charge in [-0.2, -0.15) is 0 Å². The number of amides is 1. The first kappa shape index (κ1) is 18.3. The molecule has 0 radical (unpaired) electrons. The van der Waals surface area contributed by atoms with E-state index >= 15 is 0 Å². The lowest BCUT2D eigenvalue weighted by Crippen LogP contribution is -2.41. The number of benzene rings is 1. The molecule has 28 heavy (non-hydrogen) atoms. The minimum atomic E-state index is -0.663. The molecule has 1 saturated heterocycles. The number of fused-ring (bicyclic) bond motifs is 1. The van der Waals surface area contributed by atoms with Crippen LogP contribution >= 0.6 is 0 Å². The van der Waals surface area contributed by atoms with Crippen molar-refractivity contribution < 1.29 is 18.0 Å². The number of carbonyl (C=O) groups excluding carboxylic acids is 1. The fourth-order valence-corrected chi connectivity index (χ4v) is 3.62. The molecule has 1 atom stereocenters. The van der Waals surface area contributed by atoms with E-state index in [-0.39, 0.29) is 17.5 Å². The number of nitrogens with one attached hydrogen (secondary N) is 1. The Morgan fingerprint density at radius 3 is 2.93 bits per heavy atom. The number of anilines is 2. The molecule has 6 nitrogen and oxygen atoms in total. The molecule has 0 aliphatic carbocycles. The van der Waals surface area contributed by atoms with Crippen LogP contribution < -0.4 is 10.2 Å². The third-order valence-electron chi connectivity index (χ3n) is 5.22. The Labute approximate surface area is 160 Å². The fourth-order valence-electron chi connectivity index (χ4n) is 3.62. The van der Waals surface area contributed by atoms with Crippen molar-refractivity contribution in [1.29, 1.82) is 0 Å². The summed E-state index contributed by atoms with van der Waals surface area (Å²) in [6.07, 6.45) is 2.90. The summed E-state index contributed by atoms with van der Waals surface area (Å²) < 4.78 is 32.9. The molecule has 0 bridgehead atoms. The van der Waals surface area contributed by atoms with Crippen molar-refractivity contribution in [3.8, 4) is 0 Å². The number of aryl methyl sites for hydroxylation is 2. The molecular formula is C20H20F2N4O2. The highest BCUT2D eigenvalue weighted by molar-refractivity contribution is 5.94. The number of furan rings is 1. The van der Waals surface area contributed by atoms with E-state index in [1.807, 2.05) is 18.7 Å². The molecule has 0 spiro atoms. The molecular weight excluding hydrogens is 366 g/mol. The van der Waals surface area contributed by atoms with Crippen LogP contribution in [0.5, 0.6) is 0 Å². The standard InChI is InChI=1S/C20H20F2N4O2/c1-11-12(2)28-20-17(11)18(23-10-24-20)26-7-3-4-13(9-26)19(27)25-16-8-14(21)5-6-15(16)22/h5-6,8,10,13H,3-4,7,9H2,1-2H3,(H,25,27)/t13-/m1/s1. The van der Waals surface area contributed by atoms with Gasteiger partial charge < -0.3 is 14.6 Å². The molecule has 1 N–H and O–H groups in total. The summed E-state index contributed by atoms with van der Waals surface area (Å²) in [5.74, 6) is -0.451. The second-order valence-corrected chi connectivity index (χ2v) is 7.06. The van der Waals surface area contributed by atoms with Gasteiger partial charge in [0, 0.05) is 24.7 Å². The second kappa shape index (κ2) is 7.18. The molecule has 2 aromatic heterocycles. The second-order valence-electron chi connectivity index (χ2n) is 7.06. The van der Waals surface area contributed by atoms with E-state index in [2.05, 4.69) is 15.3 Å². The monoisotopic (exact) mass is 386 g/mol. The first-order valence-corrected chi connectivity index (χ1v) is 9.15. The van der Waals surface area contributed by atoms with Crippen LogP contribution in [0.1, 0.15) is 24.2 Å². The Morgan fingerprint density at radius 1 is 1.29 bits per heavy atom. The van der Waals surface area contributed by atoms with Crippen LogP contribution in [0, 0.1) is 31.4 Å². The molecule has 0 unspecified atom stereocenters. The molecule has 8 heteroatoms. The van der Waals surface area contributed by atoms with Crippen LogP contribution in [0.15, 0.2) is 28.9 Å². The molecule has 4 rings (SSSR count). The van der Waals surface area contributed by atoms with Crippen molar-refractivity contribution in [2.24, 2.45) is 5.92 Å². The maximum absolute atomic E-state index is 13.8. The third-order valence-corrected chi connectivity index (χ3v) is 5.22. The van der Waals surface area contributed by atoms with Gasteiger partial charge in [-0.1, -0.05) is 0 Å². The fraction of sp³-hybridized carbons (Fsp3) is 0.350. The Morgan fingerprint density at radius 2 is 2.11 bits per heavy atom. The van der Waals surface area contributed by atoms with Crippen LogP contribution in [-0.2, 0) is 4.79 Å². The Kier molecular flexibility index (Phi) is 4.70. The summed E-state index contributed by atoms with van der Waals surface area (Å²) >= 11 is 0. The number of hydrogen-bond acceptors (Lipinski definition) is 5. The highest BCUT2D eigenvalue weighted by Gasteiger charge is 2.29. The summed E-state index contributed by atoms with van der Waals surface area (Å²) in [5.41, 5.74) is 1.35. The Hall–Kier alpha value is -3.03. The maximum Gasteiger partial charge on any atom is 0.231 e. The minimum Gasteiger partial charge on any atom is -0.443 e. The molecule has 1 fully saturated rings. The van der Waals surface area contributed by atoms with E-state index in [0.29, 0.717) is 18.7 Å². The van der Waals surface area contributed by atoms with Gasteiger partial charge in [0.05, 0.1) is 17.0 Å². The number of hydrogen-bond donors (Lipinski definition) is 1. The molecule has 1 aromatic carbocycles. The first-order chi connectivity index (χ1) is 13.4. The molecule has 146 valence electrons. The average molecular weight is 386 g/mol. The van der Waals surface area contributed by atoms with Gasteiger partial charge in [-0.25, -0.2) is 18.7 Å². The Balaban J connectivity index is 1.57. The van der Waals surface area contributed by atoms with Gasteiger partial charge in [0.1, 0.15) is 29.5 Å². The Bertz CT molecular complexity index is 1050. The van der Waals surface area contributed by atoms with Gasteiger partial charge in [-0.05, 0) is 38.8 Å². The third kappa shape index (κ3) is 3.30. The van der Waals surface area contributed by atoms with Crippen molar-refractivity contribution >= 4 is 28.5 Å². The van der Waals surface area contributed by atoms with E-state index in [0.717, 1.165) is 53.7 Å². The molecule has 1 aliphatic heterocycles. The smallest absolute Gasteiger partial charge is 0.231 e. The van der Waals surface area contributed by atoms with E-state index in [1.165, 1.54) is 6.33 Å². The van der Waals surface area contributed by atoms with Crippen molar-refractivity contribution in [1.82, 2.24) is 9.97 Å². The molecule has 3 heterocycles. The van der Waals surface area contributed by atoms with E-state index in [9.17, 15) is 13.6 Å². The quantitative estimate of drug-likeness (QED) is 0.737. The van der Waals surface area contributed by atoms with Crippen LogP contribution in [0.2, 0.25) is 0 Å². The van der Waals surface area contributed by atoms with E-state index < -0.39 is 11.6 Å². The highest BCUT2D eigenvalue weighted by atomic mass is 19.1. The van der Waals surface area contributed by atoms with Crippen LogP contribution in [-0.4, -0.2) is 29.0 Å². The minimum absolute atomic E-state index is 0.146. The summed E-state index contributed by atoms with van der Waals surface area (Å²) in [5, 5.41) is 3.36. The predicted octanol–water partition coefficient (Wildman–Crippen LogP) is 3.97. The lowest BCUT2D eigenvalue weighted by atomic mass is 9.96. The predicted molar refractivity (Wildman–Crippen MR) is 101 cm³/mol. The SMILES string of the molecule is Cc1oc2ncnc(N3CCC[C@@H](C(=O)Nc4cc(F)ccc4F)C3)c2c1C. The van der Waals surface area contributed by atoms with Crippen molar-refractivity contribution in [2.75, 3.05) is 23.3 Å². The summed E-state index contributed by atoms with van der Waals surface area (Å²) in [7, 11) is 0. The maximum atomic E-state index is 13.8. The zero-order valence-corrected chi connectivity index (χ0v) is 15.6. The van der Waals surface area contributed by atoms with Crippen molar-refractivity contribution in [3.63, 3.8) is 0 Å². The lowest BCUT2D eigenvalue weighted by Gasteiger charge is -2.33. The summed E-state index contributed by atoms with van der Waals surface area (Å²) in [6.45, 7) is 5.00. The van der Waals surface area contributed by atoms with Crippen LogP contribution in [0.4, 0.5) is 20.3 Å². The van der Waals surface area contributed by atoms with Crippen molar-refractivity contribution in [2.45, 2.75) is 26.7 Å². The number of piperidine rings is 1. The topological polar surface area (TPSA) is 71.3 Å². The number of aromatic nitrogens is 2. The molecule has 3 aromatic rings. The lowest BCUT2D eigenvalue weighted by molar-refractivity contribution is -0.120. The van der Waals surface area contributed by atoms with Gasteiger partial charge >= 0.3 is 0 Å². The summed E-state index contributed by atoms with van der Waals surface area (Å²) in [6, 6.07) is 3.00. The number of nitrogens with zero attached hydrogens (tertiary/aromatic N) is 3. The van der Waals surface area contributed by atoms with Gasteiger partial charge in [0.2, 0.25) is 11.6 Å². The number of rotatable bonds is 3. The highest BCUT2D eigenvalue weighted by Crippen LogP contribution is 2.33. The molecule has 1 amide bonds. The number of halogens is 2.